The number of Topliss-reactive ketones (excluding diaryl/α,β-unsaturated/α-hetero) is 1. The summed E-state index contributed by atoms with van der Waals surface area (Å²) in [5.41, 5.74) is 0.297. The van der Waals surface area contributed by atoms with Gasteiger partial charge in [0.05, 0.1) is 12.2 Å². The Morgan fingerprint density at radius 1 is 1.35 bits per heavy atom. The zero-order chi connectivity index (χ0) is 13.1. The Kier molecular flexibility index (Phi) is 4.27. The van der Waals surface area contributed by atoms with E-state index in [9.17, 15) is 9.18 Å². The summed E-state index contributed by atoms with van der Waals surface area (Å²) in [5.74, 6) is -0.328. The zero-order valence-electron chi connectivity index (χ0n) is 10.8. The van der Waals surface area contributed by atoms with Crippen molar-refractivity contribution in [2.45, 2.75) is 34.1 Å². The van der Waals surface area contributed by atoms with Gasteiger partial charge in [0.2, 0.25) is 0 Å². The van der Waals surface area contributed by atoms with E-state index in [1.807, 2.05) is 0 Å². The largest absolute Gasteiger partial charge is 0.493 e. The van der Waals surface area contributed by atoms with Gasteiger partial charge in [-0.25, -0.2) is 4.39 Å². The lowest BCUT2D eigenvalue weighted by molar-refractivity contribution is 0.101. The summed E-state index contributed by atoms with van der Waals surface area (Å²) in [6, 6.07) is 4.35. The molecule has 3 heteroatoms. The van der Waals surface area contributed by atoms with Crippen molar-refractivity contribution in [1.82, 2.24) is 0 Å². The first-order chi connectivity index (χ1) is 7.79. The quantitative estimate of drug-likeness (QED) is 0.745. The zero-order valence-corrected chi connectivity index (χ0v) is 10.8. The third-order valence-electron chi connectivity index (χ3n) is 2.44. The van der Waals surface area contributed by atoms with Crippen molar-refractivity contribution in [2.75, 3.05) is 6.61 Å². The van der Waals surface area contributed by atoms with E-state index in [1.54, 1.807) is 6.07 Å². The lowest BCUT2D eigenvalue weighted by Gasteiger charge is -2.18. The molecule has 0 spiro atoms. The number of carbonyl (C=O) groups excluding carboxylic acids is 1. The fourth-order valence-corrected chi connectivity index (χ4v) is 1.35. The molecule has 0 heterocycles. The Labute approximate surface area is 102 Å². The highest BCUT2D eigenvalue weighted by molar-refractivity contribution is 5.94. The molecule has 0 saturated heterocycles. The highest BCUT2D eigenvalue weighted by Gasteiger charge is 2.11. The fraction of sp³-hybridized carbons (Fsp3) is 0.500. The highest BCUT2D eigenvalue weighted by atomic mass is 19.1. The Bertz CT molecular complexity index is 405. The van der Waals surface area contributed by atoms with Gasteiger partial charge in [0, 0.05) is 6.07 Å². The molecule has 0 radical (unpaired) electrons. The number of rotatable bonds is 4. The molecule has 0 aliphatic heterocycles. The average molecular weight is 238 g/mol. The van der Waals surface area contributed by atoms with Gasteiger partial charge in [-0.15, -0.1) is 0 Å². The van der Waals surface area contributed by atoms with Gasteiger partial charge in [0.25, 0.3) is 0 Å². The number of ketones is 1. The van der Waals surface area contributed by atoms with Crippen molar-refractivity contribution in [3.8, 4) is 5.75 Å². The first-order valence-electron chi connectivity index (χ1n) is 5.73. The second-order valence-corrected chi connectivity index (χ2v) is 5.36. The van der Waals surface area contributed by atoms with Gasteiger partial charge in [-0.2, -0.15) is 0 Å². The van der Waals surface area contributed by atoms with Crippen LogP contribution in [0.15, 0.2) is 18.2 Å². The van der Waals surface area contributed by atoms with Crippen molar-refractivity contribution in [3.63, 3.8) is 0 Å². The van der Waals surface area contributed by atoms with Crippen LogP contribution >= 0.6 is 0 Å². The molecule has 0 aliphatic carbocycles. The molecule has 0 saturated carbocycles. The van der Waals surface area contributed by atoms with E-state index in [-0.39, 0.29) is 16.8 Å². The van der Waals surface area contributed by atoms with Crippen LogP contribution in [0.2, 0.25) is 0 Å². The van der Waals surface area contributed by atoms with Crippen LogP contribution < -0.4 is 4.74 Å². The minimum atomic E-state index is -0.522. The van der Waals surface area contributed by atoms with Gasteiger partial charge in [0.1, 0.15) is 11.6 Å². The van der Waals surface area contributed by atoms with Gasteiger partial charge < -0.3 is 4.74 Å². The van der Waals surface area contributed by atoms with E-state index in [0.29, 0.717) is 12.4 Å². The second kappa shape index (κ2) is 5.30. The Morgan fingerprint density at radius 2 is 2.00 bits per heavy atom. The van der Waals surface area contributed by atoms with E-state index in [2.05, 4.69) is 20.8 Å². The van der Waals surface area contributed by atoms with Crippen LogP contribution in [0.1, 0.15) is 44.5 Å². The molecule has 0 bridgehead atoms. The molecular weight excluding hydrogens is 219 g/mol. The molecule has 0 aliphatic rings. The molecular formula is C14H19FO2. The summed E-state index contributed by atoms with van der Waals surface area (Å²) in [6.07, 6.45) is 0.892. The maximum atomic E-state index is 13.5. The standard InChI is InChI=1S/C14H19FO2/c1-10(16)12-6-5-11(9-13(12)15)17-8-7-14(2,3)4/h5-6,9H,7-8H2,1-4H3. The summed E-state index contributed by atoms with van der Waals surface area (Å²) < 4.78 is 18.9. The van der Waals surface area contributed by atoms with Gasteiger partial charge >= 0.3 is 0 Å². The molecule has 0 atom stereocenters. The SMILES string of the molecule is CC(=O)c1ccc(OCCC(C)(C)C)cc1F. The molecule has 1 aromatic rings. The van der Waals surface area contributed by atoms with Crippen molar-refractivity contribution in [3.05, 3.63) is 29.6 Å². The first kappa shape index (κ1) is 13.7. The Hall–Kier alpha value is -1.38. The maximum absolute atomic E-state index is 13.5. The summed E-state index contributed by atoms with van der Waals surface area (Å²) in [4.78, 5) is 11.0. The van der Waals surface area contributed by atoms with Gasteiger partial charge in [-0.1, -0.05) is 20.8 Å². The molecule has 94 valence electrons. The van der Waals surface area contributed by atoms with Crippen LogP contribution in [0.4, 0.5) is 4.39 Å². The Balaban J connectivity index is 2.62. The lowest BCUT2D eigenvalue weighted by Crippen LogP contribution is -2.11. The van der Waals surface area contributed by atoms with Crippen molar-refractivity contribution in [2.24, 2.45) is 5.41 Å². The lowest BCUT2D eigenvalue weighted by atomic mass is 9.93. The number of hydrogen-bond donors (Lipinski definition) is 0. The van der Waals surface area contributed by atoms with E-state index in [0.717, 1.165) is 6.42 Å². The number of benzene rings is 1. The van der Waals surface area contributed by atoms with E-state index in [1.165, 1.54) is 19.1 Å². The molecule has 0 amide bonds. The van der Waals surface area contributed by atoms with Crippen LogP contribution in [0.3, 0.4) is 0 Å². The van der Waals surface area contributed by atoms with Crippen molar-refractivity contribution < 1.29 is 13.9 Å². The van der Waals surface area contributed by atoms with Gasteiger partial charge in [-0.3, -0.25) is 4.79 Å². The summed E-state index contributed by atoms with van der Waals surface area (Å²) >= 11 is 0. The van der Waals surface area contributed by atoms with Gasteiger partial charge in [0.15, 0.2) is 5.78 Å². The molecule has 1 rings (SSSR count). The normalized spacial score (nSPS) is 11.4. The predicted molar refractivity (Wildman–Crippen MR) is 66.0 cm³/mol. The number of halogens is 1. The smallest absolute Gasteiger partial charge is 0.162 e. The minimum absolute atomic E-state index is 0.105. The van der Waals surface area contributed by atoms with Crippen LogP contribution in [0.5, 0.6) is 5.75 Å². The van der Waals surface area contributed by atoms with Gasteiger partial charge in [-0.05, 0) is 30.9 Å². The molecule has 0 N–H and O–H groups in total. The summed E-state index contributed by atoms with van der Waals surface area (Å²) in [7, 11) is 0. The number of ether oxygens (including phenoxy) is 1. The van der Waals surface area contributed by atoms with Crippen molar-refractivity contribution >= 4 is 5.78 Å². The predicted octanol–water partition coefficient (Wildman–Crippen LogP) is 3.84. The van der Waals surface area contributed by atoms with E-state index in [4.69, 9.17) is 4.74 Å². The van der Waals surface area contributed by atoms with Crippen LogP contribution in [0.25, 0.3) is 0 Å². The molecule has 17 heavy (non-hydrogen) atoms. The number of carbonyl (C=O) groups is 1. The number of hydrogen-bond acceptors (Lipinski definition) is 2. The van der Waals surface area contributed by atoms with Crippen molar-refractivity contribution in [1.29, 1.82) is 0 Å². The van der Waals surface area contributed by atoms with Crippen LogP contribution in [-0.2, 0) is 0 Å². The molecule has 0 fully saturated rings. The third kappa shape index (κ3) is 4.55. The minimum Gasteiger partial charge on any atom is -0.493 e. The summed E-state index contributed by atoms with van der Waals surface area (Å²) in [5, 5.41) is 0. The molecule has 0 unspecified atom stereocenters. The maximum Gasteiger partial charge on any atom is 0.162 e. The van der Waals surface area contributed by atoms with Crippen LogP contribution in [0, 0.1) is 11.2 Å². The fourth-order valence-electron chi connectivity index (χ4n) is 1.35. The first-order valence-corrected chi connectivity index (χ1v) is 5.73. The van der Waals surface area contributed by atoms with E-state index < -0.39 is 5.82 Å². The van der Waals surface area contributed by atoms with E-state index >= 15 is 0 Å². The summed E-state index contributed by atoms with van der Waals surface area (Å²) in [6.45, 7) is 8.25. The monoisotopic (exact) mass is 238 g/mol. The average Bonchev–Trinajstić information content (AvgIpc) is 2.15. The Morgan fingerprint density at radius 3 is 2.47 bits per heavy atom. The van der Waals surface area contributed by atoms with Crippen LogP contribution in [-0.4, -0.2) is 12.4 Å². The second-order valence-electron chi connectivity index (χ2n) is 5.36. The molecule has 1 aromatic carbocycles. The molecule has 2 nitrogen and oxygen atoms in total. The third-order valence-corrected chi connectivity index (χ3v) is 2.44. The molecule has 0 aromatic heterocycles. The topological polar surface area (TPSA) is 26.3 Å². The highest BCUT2D eigenvalue weighted by Crippen LogP contribution is 2.21.